The van der Waals surface area contributed by atoms with Crippen molar-refractivity contribution in [2.45, 2.75) is 76.9 Å². The molecule has 0 saturated heterocycles. The maximum Gasteiger partial charge on any atom is 0.243 e. The van der Waals surface area contributed by atoms with Gasteiger partial charge in [-0.05, 0) is 61.1 Å². The standard InChI is InChI=1S/C35H45N3O5S/c1-27-14-10-11-21-32(27)38(44(3,41)42)23-13-22-34(39)37(26-29-17-12-20-31(24-29)43-2)33(25-28-15-6-4-7-16-28)35(40)36-30-18-8-5-9-19-30/h4,6-7,10-12,14-17,20-21,24,30,33H,5,8-9,13,18-19,22-23,25-26H2,1-3H3,(H,36,40)/t33-/m0/s1. The zero-order valence-electron chi connectivity index (χ0n) is 26.1. The number of para-hydroxylation sites is 1. The molecule has 44 heavy (non-hydrogen) atoms. The zero-order chi connectivity index (χ0) is 31.5. The van der Waals surface area contributed by atoms with Gasteiger partial charge in [-0.1, -0.05) is 79.9 Å². The van der Waals surface area contributed by atoms with E-state index in [1.54, 1.807) is 24.1 Å². The van der Waals surface area contributed by atoms with Gasteiger partial charge >= 0.3 is 0 Å². The number of carbonyl (C=O) groups excluding carboxylic acids is 2. The summed E-state index contributed by atoms with van der Waals surface area (Å²) in [6.07, 6.45) is 7.16. The lowest BCUT2D eigenvalue weighted by molar-refractivity contribution is -0.141. The van der Waals surface area contributed by atoms with E-state index in [4.69, 9.17) is 4.74 Å². The molecule has 1 aliphatic carbocycles. The number of methoxy groups -OCH3 is 1. The summed E-state index contributed by atoms with van der Waals surface area (Å²) in [7, 11) is -1.97. The fourth-order valence-corrected chi connectivity index (χ4v) is 6.91. The van der Waals surface area contributed by atoms with E-state index in [9.17, 15) is 18.0 Å². The first-order valence-electron chi connectivity index (χ1n) is 15.5. The van der Waals surface area contributed by atoms with E-state index in [1.165, 1.54) is 17.0 Å². The van der Waals surface area contributed by atoms with Gasteiger partial charge in [0, 0.05) is 32.0 Å². The van der Waals surface area contributed by atoms with E-state index in [0.717, 1.165) is 42.4 Å². The van der Waals surface area contributed by atoms with Crippen molar-refractivity contribution < 1.29 is 22.7 Å². The minimum atomic E-state index is -3.57. The van der Waals surface area contributed by atoms with Gasteiger partial charge in [0.25, 0.3) is 0 Å². The van der Waals surface area contributed by atoms with Gasteiger partial charge in [0.1, 0.15) is 11.8 Å². The van der Waals surface area contributed by atoms with Gasteiger partial charge in [-0.15, -0.1) is 0 Å². The van der Waals surface area contributed by atoms with Crippen molar-refractivity contribution in [3.63, 3.8) is 0 Å². The highest BCUT2D eigenvalue weighted by Crippen LogP contribution is 2.24. The van der Waals surface area contributed by atoms with Crippen LogP contribution < -0.4 is 14.4 Å². The van der Waals surface area contributed by atoms with Gasteiger partial charge < -0.3 is 15.0 Å². The number of anilines is 1. The van der Waals surface area contributed by atoms with Crippen LogP contribution in [0.5, 0.6) is 5.75 Å². The molecule has 9 heteroatoms. The molecule has 1 aliphatic rings. The molecule has 1 fully saturated rings. The van der Waals surface area contributed by atoms with Gasteiger partial charge in [-0.25, -0.2) is 8.42 Å². The normalized spacial score (nSPS) is 14.4. The second-order valence-electron chi connectivity index (χ2n) is 11.6. The highest BCUT2D eigenvalue weighted by molar-refractivity contribution is 7.92. The molecule has 4 rings (SSSR count). The third-order valence-corrected chi connectivity index (χ3v) is 9.43. The molecule has 3 aromatic rings. The number of amides is 2. The molecule has 0 aliphatic heterocycles. The number of aryl methyl sites for hydroxylation is 1. The lowest BCUT2D eigenvalue weighted by Gasteiger charge is -2.34. The minimum absolute atomic E-state index is 0.0872. The van der Waals surface area contributed by atoms with Crippen LogP contribution in [0, 0.1) is 6.92 Å². The summed E-state index contributed by atoms with van der Waals surface area (Å²) in [6, 6.07) is 23.9. The summed E-state index contributed by atoms with van der Waals surface area (Å²) in [6.45, 7) is 2.24. The molecule has 236 valence electrons. The van der Waals surface area contributed by atoms with Gasteiger partial charge in [-0.3, -0.25) is 13.9 Å². The Hall–Kier alpha value is -3.85. The number of nitrogens with one attached hydrogen (secondary N) is 1. The Labute approximate surface area is 262 Å². The van der Waals surface area contributed by atoms with E-state index in [2.05, 4.69) is 5.32 Å². The topological polar surface area (TPSA) is 96.0 Å². The highest BCUT2D eigenvalue weighted by Gasteiger charge is 2.32. The first kappa shape index (κ1) is 33.1. The van der Waals surface area contributed by atoms with Crippen molar-refractivity contribution in [3.8, 4) is 5.75 Å². The number of hydrogen-bond acceptors (Lipinski definition) is 5. The summed E-state index contributed by atoms with van der Waals surface area (Å²) in [5.41, 5.74) is 3.25. The Kier molecular flexibility index (Phi) is 11.8. The quantitative estimate of drug-likeness (QED) is 0.252. The van der Waals surface area contributed by atoms with E-state index < -0.39 is 16.1 Å². The van der Waals surface area contributed by atoms with Crippen molar-refractivity contribution in [2.24, 2.45) is 0 Å². The van der Waals surface area contributed by atoms with Crippen LogP contribution in [0.15, 0.2) is 78.9 Å². The van der Waals surface area contributed by atoms with Crippen LogP contribution in [0.25, 0.3) is 0 Å². The third kappa shape index (κ3) is 9.32. The Morgan fingerprint density at radius 1 is 0.932 bits per heavy atom. The first-order chi connectivity index (χ1) is 21.2. The van der Waals surface area contributed by atoms with Crippen molar-refractivity contribution in [2.75, 3.05) is 24.2 Å². The summed E-state index contributed by atoms with van der Waals surface area (Å²) in [5.74, 6) is 0.309. The van der Waals surface area contributed by atoms with Crippen LogP contribution in [0.3, 0.4) is 0 Å². The molecular weight excluding hydrogens is 574 g/mol. The van der Waals surface area contributed by atoms with E-state index in [0.29, 0.717) is 24.3 Å². The third-order valence-electron chi connectivity index (χ3n) is 8.25. The van der Waals surface area contributed by atoms with Gasteiger partial charge in [0.05, 0.1) is 19.1 Å². The van der Waals surface area contributed by atoms with E-state index in [-0.39, 0.29) is 37.4 Å². The Balaban J connectivity index is 1.61. The molecule has 8 nitrogen and oxygen atoms in total. The van der Waals surface area contributed by atoms with Crippen LogP contribution in [0.4, 0.5) is 5.69 Å². The fourth-order valence-electron chi connectivity index (χ4n) is 5.89. The van der Waals surface area contributed by atoms with Gasteiger partial charge in [0.2, 0.25) is 21.8 Å². The maximum atomic E-state index is 14.1. The smallest absolute Gasteiger partial charge is 0.243 e. The lowest BCUT2D eigenvalue weighted by atomic mass is 9.94. The number of nitrogens with zero attached hydrogens (tertiary/aromatic N) is 2. The van der Waals surface area contributed by atoms with Crippen molar-refractivity contribution in [1.82, 2.24) is 10.2 Å². The summed E-state index contributed by atoms with van der Waals surface area (Å²) in [4.78, 5) is 29.8. The highest BCUT2D eigenvalue weighted by atomic mass is 32.2. The van der Waals surface area contributed by atoms with Crippen LogP contribution in [0.2, 0.25) is 0 Å². The number of sulfonamides is 1. The molecule has 1 atom stereocenters. The maximum absolute atomic E-state index is 14.1. The molecule has 1 N–H and O–H groups in total. The number of hydrogen-bond donors (Lipinski definition) is 1. The number of ether oxygens (including phenoxy) is 1. The molecule has 0 aromatic heterocycles. The Bertz CT molecular complexity index is 1490. The molecular formula is C35H45N3O5S. The predicted octanol–water partition coefficient (Wildman–Crippen LogP) is 5.64. The molecule has 0 unspecified atom stereocenters. The second-order valence-corrected chi connectivity index (χ2v) is 13.6. The summed E-state index contributed by atoms with van der Waals surface area (Å²) >= 11 is 0. The molecule has 2 amide bonds. The van der Waals surface area contributed by atoms with Crippen LogP contribution in [-0.4, -0.2) is 57.1 Å². The summed E-state index contributed by atoms with van der Waals surface area (Å²) < 4.78 is 32.3. The molecule has 0 radical (unpaired) electrons. The largest absolute Gasteiger partial charge is 0.497 e. The van der Waals surface area contributed by atoms with E-state index in [1.807, 2.05) is 73.7 Å². The minimum Gasteiger partial charge on any atom is -0.497 e. The van der Waals surface area contributed by atoms with Crippen molar-refractivity contribution in [1.29, 1.82) is 0 Å². The van der Waals surface area contributed by atoms with Crippen molar-refractivity contribution >= 4 is 27.5 Å². The average molecular weight is 620 g/mol. The van der Waals surface area contributed by atoms with Crippen LogP contribution in [0.1, 0.15) is 61.6 Å². The number of rotatable bonds is 14. The van der Waals surface area contributed by atoms with E-state index >= 15 is 0 Å². The number of carbonyl (C=O) groups is 2. The Morgan fingerprint density at radius 2 is 1.61 bits per heavy atom. The average Bonchev–Trinajstić information content (AvgIpc) is 3.02. The first-order valence-corrected chi connectivity index (χ1v) is 17.3. The molecule has 0 spiro atoms. The molecule has 0 heterocycles. The van der Waals surface area contributed by atoms with Crippen molar-refractivity contribution in [3.05, 3.63) is 95.6 Å². The Morgan fingerprint density at radius 3 is 2.30 bits per heavy atom. The summed E-state index contributed by atoms with van der Waals surface area (Å²) in [5, 5.41) is 3.26. The monoisotopic (exact) mass is 619 g/mol. The second kappa shape index (κ2) is 15.7. The van der Waals surface area contributed by atoms with Gasteiger partial charge in [0.15, 0.2) is 0 Å². The molecule has 0 bridgehead atoms. The SMILES string of the molecule is COc1cccc(CN(C(=O)CCCN(c2ccccc2C)S(C)(=O)=O)[C@@H](Cc2ccccc2)C(=O)NC2CCCCC2)c1. The van der Waals surface area contributed by atoms with Crippen LogP contribution >= 0.6 is 0 Å². The van der Waals surface area contributed by atoms with Crippen LogP contribution in [-0.2, 0) is 32.6 Å². The predicted molar refractivity (Wildman–Crippen MR) is 175 cm³/mol. The fraction of sp³-hybridized carbons (Fsp3) is 0.429. The molecule has 3 aromatic carbocycles. The number of benzene rings is 3. The van der Waals surface area contributed by atoms with Gasteiger partial charge in [-0.2, -0.15) is 0 Å². The lowest BCUT2D eigenvalue weighted by Crippen LogP contribution is -2.52. The zero-order valence-corrected chi connectivity index (χ0v) is 26.9. The molecule has 1 saturated carbocycles.